The number of aryl methyl sites for hydroxylation is 1. The van der Waals surface area contributed by atoms with E-state index in [1.54, 1.807) is 6.92 Å². The second-order valence-electron chi connectivity index (χ2n) is 2.78. The molecule has 0 bridgehead atoms. The predicted molar refractivity (Wildman–Crippen MR) is 48.0 cm³/mol. The molecule has 0 saturated heterocycles. The van der Waals surface area contributed by atoms with Crippen molar-refractivity contribution in [2.45, 2.75) is 11.8 Å². The summed E-state index contributed by atoms with van der Waals surface area (Å²) in [6.45, 7) is 1.58. The molecule has 6 heteroatoms. The fourth-order valence-corrected chi connectivity index (χ4v) is 1.51. The van der Waals surface area contributed by atoms with Gasteiger partial charge in [0.1, 0.15) is 0 Å². The molecule has 0 aromatic heterocycles. The maximum atomic E-state index is 12.5. The van der Waals surface area contributed by atoms with Crippen molar-refractivity contribution in [3.05, 3.63) is 29.3 Å². The average Bonchev–Trinajstić information content (AvgIpc) is 2.02. The van der Waals surface area contributed by atoms with Gasteiger partial charge < -0.3 is 5.73 Å². The summed E-state index contributed by atoms with van der Waals surface area (Å²) in [5.74, 6) is -0.784. The van der Waals surface area contributed by atoms with E-state index in [0.29, 0.717) is 5.56 Å². The number of benzene rings is 1. The van der Waals surface area contributed by atoms with Crippen molar-refractivity contribution in [2.24, 2.45) is 5.73 Å². The van der Waals surface area contributed by atoms with E-state index in [2.05, 4.69) is 0 Å². The summed E-state index contributed by atoms with van der Waals surface area (Å²) < 4.78 is 33.5. The van der Waals surface area contributed by atoms with Gasteiger partial charge in [-0.3, -0.25) is 4.79 Å². The van der Waals surface area contributed by atoms with Crippen LogP contribution in [0.5, 0.6) is 0 Å². The molecule has 4 nitrogen and oxygen atoms in total. The third-order valence-electron chi connectivity index (χ3n) is 1.76. The highest BCUT2D eigenvalue weighted by molar-refractivity contribution is 7.86. The van der Waals surface area contributed by atoms with E-state index in [1.165, 1.54) is 6.07 Å². The first-order valence-corrected chi connectivity index (χ1v) is 5.06. The summed E-state index contributed by atoms with van der Waals surface area (Å²) in [6, 6.07) is 3.33. The Labute approximate surface area is 80.7 Å². The third-order valence-corrected chi connectivity index (χ3v) is 2.57. The second kappa shape index (κ2) is 3.38. The van der Waals surface area contributed by atoms with Crippen LogP contribution in [0.15, 0.2) is 23.1 Å². The number of hydrogen-bond donors (Lipinski definition) is 1. The van der Waals surface area contributed by atoms with Crippen LogP contribution in [0.3, 0.4) is 0 Å². The number of amides is 1. The highest BCUT2D eigenvalue weighted by Gasteiger charge is 2.15. The molecule has 0 spiro atoms. The van der Waals surface area contributed by atoms with Crippen molar-refractivity contribution < 1.29 is 17.1 Å². The quantitative estimate of drug-likeness (QED) is 0.742. The Hall–Kier alpha value is -1.43. The fraction of sp³-hybridized carbons (Fsp3) is 0.125. The summed E-state index contributed by atoms with van der Waals surface area (Å²) in [4.78, 5) is 10.2. The molecule has 0 heterocycles. The molecule has 0 aliphatic carbocycles. The lowest BCUT2D eigenvalue weighted by Gasteiger charge is -2.02. The van der Waals surface area contributed by atoms with Gasteiger partial charge in [-0.05, 0) is 24.6 Å². The predicted octanol–water partition coefficient (Wildman–Crippen LogP) is 0.752. The molecule has 0 aliphatic heterocycles. The lowest BCUT2D eigenvalue weighted by Crippen LogP contribution is -2.13. The molecule has 0 atom stereocenters. The summed E-state index contributed by atoms with van der Waals surface area (Å²) in [7, 11) is -4.78. The van der Waals surface area contributed by atoms with E-state index in [1.807, 2.05) is 0 Å². The van der Waals surface area contributed by atoms with Gasteiger partial charge in [0, 0.05) is 5.56 Å². The summed E-state index contributed by atoms with van der Waals surface area (Å²) >= 11 is 0. The topological polar surface area (TPSA) is 77.2 Å². The molecule has 0 unspecified atom stereocenters. The SMILES string of the molecule is Cc1ccc(S(=O)(=O)F)cc1C(N)=O. The first-order valence-electron chi connectivity index (χ1n) is 3.67. The minimum Gasteiger partial charge on any atom is -0.366 e. The van der Waals surface area contributed by atoms with Crippen molar-refractivity contribution in [2.75, 3.05) is 0 Å². The summed E-state index contributed by atoms with van der Waals surface area (Å²) in [5.41, 5.74) is 5.48. The van der Waals surface area contributed by atoms with Crippen LogP contribution >= 0.6 is 0 Å². The van der Waals surface area contributed by atoms with Crippen molar-refractivity contribution in [3.63, 3.8) is 0 Å². The van der Waals surface area contributed by atoms with Gasteiger partial charge in [-0.2, -0.15) is 8.42 Å². The first kappa shape index (κ1) is 10.6. The van der Waals surface area contributed by atoms with Crippen molar-refractivity contribution >= 4 is 16.1 Å². The fourth-order valence-electron chi connectivity index (χ4n) is 1.02. The first-order chi connectivity index (χ1) is 6.32. The minimum absolute atomic E-state index is 0.00345. The number of nitrogens with two attached hydrogens (primary N) is 1. The van der Waals surface area contributed by atoms with Crippen LogP contribution < -0.4 is 5.73 Å². The van der Waals surface area contributed by atoms with Crippen molar-refractivity contribution in [1.29, 1.82) is 0 Å². The number of halogens is 1. The number of rotatable bonds is 2. The lowest BCUT2D eigenvalue weighted by molar-refractivity contribution is 0.0999. The van der Waals surface area contributed by atoms with E-state index in [4.69, 9.17) is 5.73 Å². The highest BCUT2D eigenvalue weighted by atomic mass is 32.3. The molecular weight excluding hydrogens is 209 g/mol. The Morgan fingerprint density at radius 1 is 1.43 bits per heavy atom. The maximum absolute atomic E-state index is 12.5. The molecule has 0 aliphatic rings. The zero-order valence-electron chi connectivity index (χ0n) is 7.32. The van der Waals surface area contributed by atoms with Gasteiger partial charge in [0.25, 0.3) is 0 Å². The molecule has 14 heavy (non-hydrogen) atoms. The molecule has 1 amide bonds. The van der Waals surface area contributed by atoms with E-state index >= 15 is 0 Å². The number of carbonyl (C=O) groups excluding carboxylic acids is 1. The summed E-state index contributed by atoms with van der Waals surface area (Å²) in [6.07, 6.45) is 0. The Bertz CT molecular complexity index is 481. The summed E-state index contributed by atoms with van der Waals surface area (Å²) in [5, 5.41) is 0. The van der Waals surface area contributed by atoms with Crippen LogP contribution in [-0.2, 0) is 10.2 Å². The minimum atomic E-state index is -4.78. The average molecular weight is 217 g/mol. The van der Waals surface area contributed by atoms with Crippen LogP contribution in [0, 0.1) is 6.92 Å². The molecule has 76 valence electrons. The Morgan fingerprint density at radius 3 is 2.43 bits per heavy atom. The van der Waals surface area contributed by atoms with Gasteiger partial charge in [-0.1, -0.05) is 6.07 Å². The van der Waals surface area contributed by atoms with Crippen LogP contribution in [-0.4, -0.2) is 14.3 Å². The van der Waals surface area contributed by atoms with E-state index in [-0.39, 0.29) is 5.56 Å². The van der Waals surface area contributed by atoms with Gasteiger partial charge in [0.15, 0.2) is 0 Å². The molecular formula is C8H8FNO3S. The standard InChI is InChI=1S/C8H8FNO3S/c1-5-2-3-6(14(9,12)13)4-7(5)8(10)11/h2-4H,1H3,(H2,10,11). The molecule has 1 rings (SSSR count). The Kier molecular flexibility index (Phi) is 2.57. The Morgan fingerprint density at radius 2 is 2.00 bits per heavy atom. The van der Waals surface area contributed by atoms with Gasteiger partial charge in [-0.15, -0.1) is 3.89 Å². The van der Waals surface area contributed by atoms with E-state index in [9.17, 15) is 17.1 Å². The van der Waals surface area contributed by atoms with Crippen molar-refractivity contribution in [1.82, 2.24) is 0 Å². The van der Waals surface area contributed by atoms with E-state index < -0.39 is 21.0 Å². The number of hydrogen-bond acceptors (Lipinski definition) is 3. The second-order valence-corrected chi connectivity index (χ2v) is 4.13. The van der Waals surface area contributed by atoms with Crippen molar-refractivity contribution in [3.8, 4) is 0 Å². The molecule has 0 radical (unpaired) electrons. The monoisotopic (exact) mass is 217 g/mol. The van der Waals surface area contributed by atoms with Crippen LogP contribution in [0.2, 0.25) is 0 Å². The van der Waals surface area contributed by atoms with Crippen LogP contribution in [0.1, 0.15) is 15.9 Å². The molecule has 2 N–H and O–H groups in total. The maximum Gasteiger partial charge on any atom is 0.332 e. The Balaban J connectivity index is 3.42. The molecule has 0 fully saturated rings. The smallest absolute Gasteiger partial charge is 0.332 e. The van der Waals surface area contributed by atoms with Gasteiger partial charge in [0.2, 0.25) is 5.91 Å². The zero-order chi connectivity index (χ0) is 10.9. The van der Waals surface area contributed by atoms with E-state index in [0.717, 1.165) is 12.1 Å². The van der Waals surface area contributed by atoms with Crippen LogP contribution in [0.4, 0.5) is 3.89 Å². The highest BCUT2D eigenvalue weighted by Crippen LogP contribution is 2.16. The lowest BCUT2D eigenvalue weighted by atomic mass is 10.1. The number of carbonyl (C=O) groups is 1. The van der Waals surface area contributed by atoms with Crippen LogP contribution in [0.25, 0.3) is 0 Å². The largest absolute Gasteiger partial charge is 0.366 e. The molecule has 1 aromatic rings. The van der Waals surface area contributed by atoms with Gasteiger partial charge in [0.05, 0.1) is 4.90 Å². The van der Waals surface area contributed by atoms with Gasteiger partial charge >= 0.3 is 10.2 Å². The normalized spacial score (nSPS) is 11.3. The molecule has 0 saturated carbocycles. The molecule has 1 aromatic carbocycles. The number of primary amides is 1. The zero-order valence-corrected chi connectivity index (χ0v) is 8.14. The van der Waals surface area contributed by atoms with Gasteiger partial charge in [-0.25, -0.2) is 0 Å². The third kappa shape index (κ3) is 2.08.